The summed E-state index contributed by atoms with van der Waals surface area (Å²) in [7, 11) is 1.98. The van der Waals surface area contributed by atoms with E-state index in [2.05, 4.69) is 65.9 Å². The summed E-state index contributed by atoms with van der Waals surface area (Å²) in [6.45, 7) is 9.77. The van der Waals surface area contributed by atoms with Gasteiger partial charge in [0.05, 0.1) is 12.8 Å². The zero-order valence-corrected chi connectivity index (χ0v) is 19.8. The summed E-state index contributed by atoms with van der Waals surface area (Å²) in [6, 6.07) is 0.512. The fourth-order valence-corrected chi connectivity index (χ4v) is 3.75. The lowest BCUT2D eigenvalue weighted by Crippen LogP contribution is -2.48. The Kier molecular flexibility index (Phi) is 17.2. The van der Waals surface area contributed by atoms with Gasteiger partial charge in [-0.1, -0.05) is 59.8 Å². The maximum atomic E-state index is 6.16. The van der Waals surface area contributed by atoms with Crippen molar-refractivity contribution in [3.05, 3.63) is 0 Å². The van der Waals surface area contributed by atoms with E-state index in [0.717, 1.165) is 25.4 Å². The van der Waals surface area contributed by atoms with Crippen LogP contribution in [-0.2, 0) is 4.74 Å². The number of nitrogens with one attached hydrogen (secondary N) is 2. The third-order valence-corrected chi connectivity index (χ3v) is 5.49. The fourth-order valence-electron chi connectivity index (χ4n) is 3.14. The Hall–Kier alpha value is 0.0800. The lowest BCUT2D eigenvalue weighted by atomic mass is 9.91. The number of alkyl halides is 1. The lowest BCUT2D eigenvalue weighted by Gasteiger charge is -2.28. The molecule has 0 aromatic carbocycles. The molecular formula is C20H43IN4O. The molecule has 0 aromatic rings. The molecule has 0 aliphatic rings. The summed E-state index contributed by atoms with van der Waals surface area (Å²) in [6.07, 6.45) is 10.5. The van der Waals surface area contributed by atoms with Gasteiger partial charge in [-0.3, -0.25) is 5.32 Å². The second-order valence-corrected chi connectivity index (χ2v) is 8.17. The average Bonchev–Trinajstić information content (AvgIpc) is 2.63. The van der Waals surface area contributed by atoms with Crippen molar-refractivity contribution in [2.45, 2.75) is 102 Å². The molecule has 0 radical (unpaired) electrons. The Morgan fingerprint density at radius 2 is 1.85 bits per heavy atom. The number of halogens is 1. The molecule has 0 bridgehead atoms. The van der Waals surface area contributed by atoms with Gasteiger partial charge in [0.25, 0.3) is 0 Å². The van der Waals surface area contributed by atoms with Gasteiger partial charge in [0.15, 0.2) is 0 Å². The first-order valence-electron chi connectivity index (χ1n) is 10.5. The van der Waals surface area contributed by atoms with Crippen molar-refractivity contribution in [2.75, 3.05) is 13.7 Å². The van der Waals surface area contributed by atoms with Gasteiger partial charge in [-0.25, -0.2) is 4.99 Å². The van der Waals surface area contributed by atoms with E-state index in [1.807, 2.05) is 7.05 Å². The van der Waals surface area contributed by atoms with Crippen LogP contribution in [0.5, 0.6) is 0 Å². The van der Waals surface area contributed by atoms with Crippen LogP contribution in [0.15, 0.2) is 4.99 Å². The van der Waals surface area contributed by atoms with Crippen molar-refractivity contribution in [3.63, 3.8) is 0 Å². The van der Waals surface area contributed by atoms with Crippen LogP contribution in [0.1, 0.15) is 85.5 Å². The van der Waals surface area contributed by atoms with E-state index < -0.39 is 0 Å². The Bertz CT molecular complexity index is 355. The summed E-state index contributed by atoms with van der Waals surface area (Å²) in [5.41, 5.74) is 6.16. The number of hydrogen-bond donors (Lipinski definition) is 3. The first-order chi connectivity index (χ1) is 12.5. The molecule has 0 aromatic heterocycles. The Labute approximate surface area is 175 Å². The minimum atomic E-state index is -0.196. The van der Waals surface area contributed by atoms with E-state index in [1.54, 1.807) is 0 Å². The van der Waals surface area contributed by atoms with Gasteiger partial charge in [-0.2, -0.15) is 0 Å². The number of hydrogen-bond acceptors (Lipinski definition) is 4. The molecule has 156 valence electrons. The SMILES string of the molecule is CCCCCOC(I)/N=C(/N)C[C@H](NC)NC(CC)CC(CC)CCC. The smallest absolute Gasteiger partial charge is 0.201 e. The Balaban J connectivity index is 4.44. The zero-order chi connectivity index (χ0) is 19.8. The van der Waals surface area contributed by atoms with Crippen molar-refractivity contribution < 1.29 is 4.74 Å². The van der Waals surface area contributed by atoms with Gasteiger partial charge in [0.1, 0.15) is 5.84 Å². The first kappa shape index (κ1) is 26.1. The highest BCUT2D eigenvalue weighted by Gasteiger charge is 2.18. The van der Waals surface area contributed by atoms with Gasteiger partial charge in [0, 0.05) is 12.5 Å². The van der Waals surface area contributed by atoms with Gasteiger partial charge in [-0.05, 0) is 54.8 Å². The van der Waals surface area contributed by atoms with E-state index in [0.29, 0.717) is 18.3 Å². The van der Waals surface area contributed by atoms with Crippen LogP contribution in [0.25, 0.3) is 0 Å². The summed E-state index contributed by atoms with van der Waals surface area (Å²) < 4.78 is 5.51. The van der Waals surface area contributed by atoms with Gasteiger partial charge in [0.2, 0.25) is 4.23 Å². The van der Waals surface area contributed by atoms with E-state index in [-0.39, 0.29) is 10.4 Å². The van der Waals surface area contributed by atoms with E-state index in [4.69, 9.17) is 10.5 Å². The number of unbranched alkanes of at least 4 members (excludes halogenated alkanes) is 2. The molecule has 0 aliphatic carbocycles. The second kappa shape index (κ2) is 17.2. The molecule has 0 saturated heterocycles. The highest BCUT2D eigenvalue weighted by molar-refractivity contribution is 14.1. The molecule has 0 amide bonds. The summed E-state index contributed by atoms with van der Waals surface area (Å²) in [5, 5.41) is 7.06. The van der Waals surface area contributed by atoms with Crippen LogP contribution in [0.4, 0.5) is 0 Å². The Morgan fingerprint density at radius 3 is 2.38 bits per heavy atom. The van der Waals surface area contributed by atoms with Crippen LogP contribution in [0.2, 0.25) is 0 Å². The molecule has 3 unspecified atom stereocenters. The molecule has 0 heterocycles. The maximum Gasteiger partial charge on any atom is 0.201 e. The Morgan fingerprint density at radius 1 is 1.12 bits per heavy atom. The molecule has 26 heavy (non-hydrogen) atoms. The molecule has 0 rings (SSSR count). The number of aliphatic imine (C=N–C) groups is 1. The van der Waals surface area contributed by atoms with E-state index in [1.165, 1.54) is 38.5 Å². The van der Waals surface area contributed by atoms with Crippen LogP contribution in [0.3, 0.4) is 0 Å². The summed E-state index contributed by atoms with van der Waals surface area (Å²) in [4.78, 5) is 4.48. The van der Waals surface area contributed by atoms with Crippen molar-refractivity contribution in [2.24, 2.45) is 16.6 Å². The molecule has 0 saturated carbocycles. The van der Waals surface area contributed by atoms with Crippen LogP contribution < -0.4 is 16.4 Å². The van der Waals surface area contributed by atoms with Gasteiger partial charge >= 0.3 is 0 Å². The highest BCUT2D eigenvalue weighted by atomic mass is 127. The minimum Gasteiger partial charge on any atom is -0.387 e. The molecule has 4 N–H and O–H groups in total. The molecule has 0 spiro atoms. The number of nitrogens with two attached hydrogens (primary N) is 1. The van der Waals surface area contributed by atoms with Gasteiger partial charge < -0.3 is 15.8 Å². The third kappa shape index (κ3) is 13.3. The predicted molar refractivity (Wildman–Crippen MR) is 123 cm³/mol. The first-order valence-corrected chi connectivity index (χ1v) is 11.8. The second-order valence-electron chi connectivity index (χ2n) is 7.11. The largest absolute Gasteiger partial charge is 0.387 e. The van der Waals surface area contributed by atoms with Crippen molar-refractivity contribution in [1.82, 2.24) is 10.6 Å². The fraction of sp³-hybridized carbons (Fsp3) is 0.950. The van der Waals surface area contributed by atoms with Crippen molar-refractivity contribution >= 4 is 28.4 Å². The van der Waals surface area contributed by atoms with Crippen molar-refractivity contribution in [3.8, 4) is 0 Å². The number of ether oxygens (including phenoxy) is 1. The van der Waals surface area contributed by atoms with Crippen LogP contribution >= 0.6 is 22.6 Å². The maximum absolute atomic E-state index is 6.16. The highest BCUT2D eigenvalue weighted by Crippen LogP contribution is 2.19. The van der Waals surface area contributed by atoms with Crippen molar-refractivity contribution in [1.29, 1.82) is 0 Å². The normalized spacial score (nSPS) is 17.1. The molecular weight excluding hydrogens is 439 g/mol. The molecule has 5 nitrogen and oxygen atoms in total. The molecule has 0 fully saturated rings. The quantitative estimate of drug-likeness (QED) is 0.0530. The predicted octanol–water partition coefficient (Wildman–Crippen LogP) is 4.79. The van der Waals surface area contributed by atoms with E-state index in [9.17, 15) is 0 Å². The zero-order valence-electron chi connectivity index (χ0n) is 17.7. The summed E-state index contributed by atoms with van der Waals surface area (Å²) >= 11 is 2.20. The minimum absolute atomic E-state index is 0.145. The number of rotatable bonds is 17. The summed E-state index contributed by atoms with van der Waals surface area (Å²) in [5.74, 6) is 1.44. The lowest BCUT2D eigenvalue weighted by molar-refractivity contribution is 0.125. The van der Waals surface area contributed by atoms with E-state index >= 15 is 0 Å². The number of nitrogens with zero attached hydrogens (tertiary/aromatic N) is 1. The van der Waals surface area contributed by atoms with Crippen LogP contribution in [0, 0.1) is 5.92 Å². The molecule has 6 heteroatoms. The topological polar surface area (TPSA) is 71.7 Å². The standard InChI is InChI=1S/C20H43IN4O/c1-6-10-11-13-26-20(21)25-18(22)15-19(23-5)24-17(9-4)14-16(8-3)12-7-2/h16-17,19-20,23-24H,6-15H2,1-5H3,(H2,22,25)/t16?,17?,19-,20?/m1/s1. The van der Waals surface area contributed by atoms with Gasteiger partial charge in [-0.15, -0.1) is 0 Å². The number of amidine groups is 1. The molecule has 0 aliphatic heterocycles. The van der Waals surface area contributed by atoms with Crippen LogP contribution in [-0.4, -0.2) is 35.9 Å². The third-order valence-electron chi connectivity index (χ3n) is 4.85. The molecule has 4 atom stereocenters. The monoisotopic (exact) mass is 482 g/mol. The average molecular weight is 482 g/mol.